The van der Waals surface area contributed by atoms with Gasteiger partial charge in [-0.3, -0.25) is 14.4 Å². The Morgan fingerprint density at radius 2 is 2.17 bits per heavy atom. The molecular weight excluding hydrogens is 292 g/mol. The van der Waals surface area contributed by atoms with Crippen LogP contribution >= 0.6 is 0 Å². The third kappa shape index (κ3) is 4.32. The molecule has 1 fully saturated rings. The first-order valence-electron chi connectivity index (χ1n) is 7.93. The Morgan fingerprint density at radius 3 is 2.96 bits per heavy atom. The molecule has 1 aromatic carbocycles. The van der Waals surface area contributed by atoms with Gasteiger partial charge in [-0.15, -0.1) is 0 Å². The average molecular weight is 314 g/mol. The number of likely N-dealkylation sites (tertiary alicyclic amines) is 1. The van der Waals surface area contributed by atoms with Crippen LogP contribution in [0, 0.1) is 0 Å². The predicted octanol–water partition coefficient (Wildman–Crippen LogP) is 2.17. The minimum Gasteiger partial charge on any atom is -0.492 e. The maximum absolute atomic E-state index is 11.0. The van der Waals surface area contributed by atoms with Crippen LogP contribution in [0.3, 0.4) is 0 Å². The molecule has 0 spiro atoms. The molecule has 0 unspecified atom stereocenters. The minimum atomic E-state index is -0.0960. The predicted molar refractivity (Wildman–Crippen MR) is 88.6 cm³/mol. The molecule has 1 aliphatic heterocycles. The highest BCUT2D eigenvalue weighted by molar-refractivity contribution is 5.87. The summed E-state index contributed by atoms with van der Waals surface area (Å²) >= 11 is 0. The second-order valence-corrected chi connectivity index (χ2v) is 5.77. The van der Waals surface area contributed by atoms with Gasteiger partial charge in [0.05, 0.1) is 6.04 Å². The first-order chi connectivity index (χ1) is 11.2. The van der Waals surface area contributed by atoms with Crippen molar-refractivity contribution in [2.45, 2.75) is 19.4 Å². The summed E-state index contributed by atoms with van der Waals surface area (Å²) in [6.07, 6.45) is 2.99. The third-order valence-electron chi connectivity index (χ3n) is 3.95. The van der Waals surface area contributed by atoms with Crippen LogP contribution in [-0.2, 0) is 4.79 Å². The molecule has 122 valence electrons. The molecule has 1 aromatic heterocycles. The van der Waals surface area contributed by atoms with Crippen molar-refractivity contribution >= 4 is 11.7 Å². The summed E-state index contributed by atoms with van der Waals surface area (Å²) in [4.78, 5) is 13.4. The molecule has 6 nitrogen and oxygen atoms in total. The van der Waals surface area contributed by atoms with E-state index in [2.05, 4.69) is 15.3 Å². The number of hydrogen-bond acceptors (Lipinski definition) is 4. The minimum absolute atomic E-state index is 0.0960. The van der Waals surface area contributed by atoms with E-state index in [0.29, 0.717) is 18.5 Å². The number of rotatable bonds is 6. The molecule has 2 aromatic rings. The SMILES string of the molecule is CC(=O)Nc1ccn([C@H]2CCN(CCOc3ccccc3)C2)n1. The number of nitrogens with one attached hydrogen (secondary N) is 1. The lowest BCUT2D eigenvalue weighted by Crippen LogP contribution is -2.26. The molecular formula is C17H22N4O2. The molecule has 1 N–H and O–H groups in total. The second-order valence-electron chi connectivity index (χ2n) is 5.77. The smallest absolute Gasteiger partial charge is 0.222 e. The van der Waals surface area contributed by atoms with E-state index >= 15 is 0 Å². The number of aromatic nitrogens is 2. The van der Waals surface area contributed by atoms with Crippen molar-refractivity contribution < 1.29 is 9.53 Å². The lowest BCUT2D eigenvalue weighted by atomic mass is 10.3. The fourth-order valence-corrected chi connectivity index (χ4v) is 2.83. The van der Waals surface area contributed by atoms with Gasteiger partial charge in [0, 0.05) is 38.8 Å². The summed E-state index contributed by atoms with van der Waals surface area (Å²) in [5.41, 5.74) is 0. The van der Waals surface area contributed by atoms with Crippen molar-refractivity contribution in [2.24, 2.45) is 0 Å². The maximum Gasteiger partial charge on any atom is 0.222 e. The molecule has 0 saturated carbocycles. The molecule has 2 heterocycles. The number of anilines is 1. The summed E-state index contributed by atoms with van der Waals surface area (Å²) in [5, 5.41) is 7.13. The van der Waals surface area contributed by atoms with Crippen LogP contribution in [0.4, 0.5) is 5.82 Å². The van der Waals surface area contributed by atoms with E-state index in [1.54, 1.807) is 0 Å². The topological polar surface area (TPSA) is 59.4 Å². The second kappa shape index (κ2) is 7.28. The first kappa shape index (κ1) is 15.6. The van der Waals surface area contributed by atoms with Crippen molar-refractivity contribution in [1.82, 2.24) is 14.7 Å². The lowest BCUT2D eigenvalue weighted by Gasteiger charge is -2.16. The van der Waals surface area contributed by atoms with Crippen LogP contribution in [0.1, 0.15) is 19.4 Å². The fraction of sp³-hybridized carbons (Fsp3) is 0.412. The Hall–Kier alpha value is -2.34. The van der Waals surface area contributed by atoms with Gasteiger partial charge in [0.2, 0.25) is 5.91 Å². The summed E-state index contributed by atoms with van der Waals surface area (Å²) in [7, 11) is 0. The van der Waals surface area contributed by atoms with Gasteiger partial charge < -0.3 is 10.1 Å². The molecule has 23 heavy (non-hydrogen) atoms. The normalized spacial score (nSPS) is 18.0. The lowest BCUT2D eigenvalue weighted by molar-refractivity contribution is -0.114. The monoisotopic (exact) mass is 314 g/mol. The first-order valence-corrected chi connectivity index (χ1v) is 7.93. The average Bonchev–Trinajstić information content (AvgIpc) is 3.17. The number of hydrogen-bond donors (Lipinski definition) is 1. The van der Waals surface area contributed by atoms with Gasteiger partial charge in [0.15, 0.2) is 5.82 Å². The Balaban J connectivity index is 1.45. The molecule has 0 radical (unpaired) electrons. The van der Waals surface area contributed by atoms with Crippen molar-refractivity contribution in [1.29, 1.82) is 0 Å². The van der Waals surface area contributed by atoms with E-state index in [9.17, 15) is 4.79 Å². The summed E-state index contributed by atoms with van der Waals surface area (Å²) < 4.78 is 7.69. The van der Waals surface area contributed by atoms with Gasteiger partial charge in [-0.2, -0.15) is 5.10 Å². The zero-order valence-electron chi connectivity index (χ0n) is 13.3. The summed E-state index contributed by atoms with van der Waals surface area (Å²) in [6, 6.07) is 12.1. The van der Waals surface area contributed by atoms with E-state index in [1.165, 1.54) is 6.92 Å². The highest BCUT2D eigenvalue weighted by Gasteiger charge is 2.24. The van der Waals surface area contributed by atoms with Crippen LogP contribution in [0.5, 0.6) is 5.75 Å². The number of amides is 1. The Morgan fingerprint density at radius 1 is 1.35 bits per heavy atom. The van der Waals surface area contributed by atoms with Crippen molar-refractivity contribution in [3.05, 3.63) is 42.6 Å². The molecule has 6 heteroatoms. The number of carbonyl (C=O) groups is 1. The van der Waals surface area contributed by atoms with Gasteiger partial charge in [-0.25, -0.2) is 0 Å². The van der Waals surface area contributed by atoms with Crippen LogP contribution in [0.2, 0.25) is 0 Å². The van der Waals surface area contributed by atoms with E-state index in [4.69, 9.17) is 4.74 Å². The van der Waals surface area contributed by atoms with Crippen molar-refractivity contribution in [3.63, 3.8) is 0 Å². The highest BCUT2D eigenvalue weighted by Crippen LogP contribution is 2.21. The molecule has 1 amide bonds. The number of ether oxygens (including phenoxy) is 1. The van der Waals surface area contributed by atoms with Crippen LogP contribution in [-0.4, -0.2) is 46.8 Å². The van der Waals surface area contributed by atoms with Gasteiger partial charge in [-0.05, 0) is 18.6 Å². The van der Waals surface area contributed by atoms with Crippen LogP contribution in [0.15, 0.2) is 42.6 Å². The van der Waals surface area contributed by atoms with Gasteiger partial charge in [0.25, 0.3) is 0 Å². The van der Waals surface area contributed by atoms with Crippen LogP contribution < -0.4 is 10.1 Å². The zero-order valence-corrected chi connectivity index (χ0v) is 13.3. The van der Waals surface area contributed by atoms with E-state index in [-0.39, 0.29) is 5.91 Å². The Kier molecular flexibility index (Phi) is 4.92. The zero-order chi connectivity index (χ0) is 16.1. The number of carbonyl (C=O) groups excluding carboxylic acids is 1. The van der Waals surface area contributed by atoms with Gasteiger partial charge in [0.1, 0.15) is 12.4 Å². The molecule has 0 bridgehead atoms. The standard InChI is InChI=1S/C17H22N4O2/c1-14(22)18-17-8-10-21(19-17)15-7-9-20(13-15)11-12-23-16-5-3-2-4-6-16/h2-6,8,10,15H,7,9,11-13H2,1H3,(H,18,19,22)/t15-/m0/s1. The van der Waals surface area contributed by atoms with Crippen LogP contribution in [0.25, 0.3) is 0 Å². The Bertz CT molecular complexity index is 641. The third-order valence-corrected chi connectivity index (χ3v) is 3.95. The maximum atomic E-state index is 11.0. The number of benzene rings is 1. The highest BCUT2D eigenvalue weighted by atomic mass is 16.5. The number of nitrogens with zero attached hydrogens (tertiary/aromatic N) is 3. The fourth-order valence-electron chi connectivity index (χ4n) is 2.83. The molecule has 3 rings (SSSR count). The quantitative estimate of drug-likeness (QED) is 0.888. The van der Waals surface area contributed by atoms with Crippen molar-refractivity contribution in [3.8, 4) is 5.75 Å². The van der Waals surface area contributed by atoms with Crippen molar-refractivity contribution in [2.75, 3.05) is 31.6 Å². The van der Waals surface area contributed by atoms with Gasteiger partial charge in [-0.1, -0.05) is 18.2 Å². The van der Waals surface area contributed by atoms with E-state index in [0.717, 1.165) is 31.8 Å². The Labute approximate surface area is 136 Å². The largest absolute Gasteiger partial charge is 0.492 e. The van der Waals surface area contributed by atoms with E-state index < -0.39 is 0 Å². The molecule has 1 aliphatic rings. The molecule has 1 saturated heterocycles. The summed E-state index contributed by atoms with van der Waals surface area (Å²) in [5.74, 6) is 1.43. The number of para-hydroxylation sites is 1. The van der Waals surface area contributed by atoms with E-state index in [1.807, 2.05) is 47.3 Å². The van der Waals surface area contributed by atoms with Gasteiger partial charge >= 0.3 is 0 Å². The molecule has 0 aliphatic carbocycles. The molecule has 1 atom stereocenters. The summed E-state index contributed by atoms with van der Waals surface area (Å²) in [6.45, 7) is 5.08.